The molecule has 0 saturated heterocycles. The quantitative estimate of drug-likeness (QED) is 0.424. The van der Waals surface area contributed by atoms with E-state index in [-0.39, 0.29) is 12.2 Å². The van der Waals surface area contributed by atoms with Gasteiger partial charge in [0.2, 0.25) is 0 Å². The van der Waals surface area contributed by atoms with E-state index in [4.69, 9.17) is 9.47 Å². The molecule has 0 bridgehead atoms. The molecule has 0 aliphatic rings. The first kappa shape index (κ1) is 17.2. The summed E-state index contributed by atoms with van der Waals surface area (Å²) >= 11 is 0. The Balaban J connectivity index is 4.82. The van der Waals surface area contributed by atoms with Crippen LogP contribution >= 0.6 is 0 Å². The molecule has 4 nitrogen and oxygen atoms in total. The first-order valence-corrected chi connectivity index (χ1v) is 10.1. The molecule has 0 radical (unpaired) electrons. The molecule has 5 heteroatoms. The van der Waals surface area contributed by atoms with E-state index in [1.165, 1.54) is 0 Å². The third-order valence-electron chi connectivity index (χ3n) is 2.09. The standard InChI is InChI=1S/C13H26O4Si/c1-9(2)16-12(14)11(8-18(5,6)7)13(15)17-10(3)4/h9-11H,8H2,1-7H3. The summed E-state index contributed by atoms with van der Waals surface area (Å²) in [4.78, 5) is 23.9. The van der Waals surface area contributed by atoms with Crippen molar-refractivity contribution in [3.8, 4) is 0 Å². The Morgan fingerprint density at radius 2 is 1.22 bits per heavy atom. The van der Waals surface area contributed by atoms with Crippen molar-refractivity contribution < 1.29 is 19.1 Å². The molecule has 0 amide bonds. The molecule has 0 rings (SSSR count). The first-order chi connectivity index (χ1) is 8.03. The Bertz CT molecular complexity index is 270. The monoisotopic (exact) mass is 274 g/mol. The number of carbonyl (C=O) groups excluding carboxylic acids is 2. The molecule has 0 atom stereocenters. The Labute approximate surface area is 111 Å². The summed E-state index contributed by atoms with van der Waals surface area (Å²) in [5, 5.41) is 0. The van der Waals surface area contributed by atoms with Gasteiger partial charge in [0.1, 0.15) is 0 Å². The minimum Gasteiger partial charge on any atom is -0.462 e. The van der Waals surface area contributed by atoms with Crippen molar-refractivity contribution in [3.63, 3.8) is 0 Å². The Morgan fingerprint density at radius 3 is 1.44 bits per heavy atom. The van der Waals surface area contributed by atoms with E-state index >= 15 is 0 Å². The molecule has 106 valence electrons. The maximum absolute atomic E-state index is 12.0. The van der Waals surface area contributed by atoms with Crippen molar-refractivity contribution in [2.75, 3.05) is 0 Å². The van der Waals surface area contributed by atoms with Crippen LogP contribution in [-0.2, 0) is 19.1 Å². The van der Waals surface area contributed by atoms with Crippen LogP contribution in [0.5, 0.6) is 0 Å². The van der Waals surface area contributed by atoms with E-state index in [2.05, 4.69) is 19.6 Å². The summed E-state index contributed by atoms with van der Waals surface area (Å²) in [6, 6.07) is 0.560. The van der Waals surface area contributed by atoms with Crippen molar-refractivity contribution in [1.82, 2.24) is 0 Å². The van der Waals surface area contributed by atoms with E-state index in [0.29, 0.717) is 6.04 Å². The fourth-order valence-corrected chi connectivity index (χ4v) is 3.06. The fraction of sp³-hybridized carbons (Fsp3) is 0.846. The third-order valence-corrected chi connectivity index (χ3v) is 3.72. The van der Waals surface area contributed by atoms with Crippen molar-refractivity contribution >= 4 is 20.0 Å². The molecule has 0 aromatic carbocycles. The number of hydrogen-bond acceptors (Lipinski definition) is 4. The molecular weight excluding hydrogens is 248 g/mol. The van der Waals surface area contributed by atoms with Gasteiger partial charge in [0.15, 0.2) is 5.92 Å². The van der Waals surface area contributed by atoms with Gasteiger partial charge in [-0.1, -0.05) is 19.6 Å². The van der Waals surface area contributed by atoms with E-state index in [1.54, 1.807) is 27.7 Å². The van der Waals surface area contributed by atoms with Gasteiger partial charge in [-0.25, -0.2) is 0 Å². The number of ether oxygens (including phenoxy) is 2. The van der Waals surface area contributed by atoms with Crippen molar-refractivity contribution in [3.05, 3.63) is 0 Å². The number of esters is 2. The van der Waals surface area contributed by atoms with E-state index in [0.717, 1.165) is 0 Å². The summed E-state index contributed by atoms with van der Waals surface area (Å²) in [6.07, 6.45) is -0.429. The zero-order valence-corrected chi connectivity index (χ0v) is 13.6. The van der Waals surface area contributed by atoms with Gasteiger partial charge in [-0.2, -0.15) is 0 Å². The predicted octanol–water partition coefficient (Wildman–Crippen LogP) is 2.84. The van der Waals surface area contributed by atoms with Gasteiger partial charge in [0.05, 0.1) is 12.2 Å². The van der Waals surface area contributed by atoms with Crippen LogP contribution in [0.4, 0.5) is 0 Å². The fourth-order valence-electron chi connectivity index (χ4n) is 1.50. The van der Waals surface area contributed by atoms with Crippen molar-refractivity contribution in [2.45, 2.75) is 65.6 Å². The summed E-state index contributed by atoms with van der Waals surface area (Å²) in [5.74, 6) is -1.70. The lowest BCUT2D eigenvalue weighted by atomic mass is 10.2. The van der Waals surface area contributed by atoms with Crippen LogP contribution in [0, 0.1) is 5.92 Å². The highest BCUT2D eigenvalue weighted by Gasteiger charge is 2.35. The molecule has 0 aromatic heterocycles. The summed E-state index contributed by atoms with van der Waals surface area (Å²) < 4.78 is 10.3. The highest BCUT2D eigenvalue weighted by atomic mass is 28.3. The second-order valence-corrected chi connectivity index (χ2v) is 11.8. The van der Waals surface area contributed by atoms with Gasteiger partial charge in [0.25, 0.3) is 0 Å². The van der Waals surface area contributed by atoms with Crippen LogP contribution in [0.15, 0.2) is 0 Å². The van der Waals surface area contributed by atoms with E-state index in [1.807, 2.05) is 0 Å². The lowest BCUT2D eigenvalue weighted by molar-refractivity contribution is -0.165. The minimum absolute atomic E-state index is 0.214. The maximum atomic E-state index is 12.0. The molecule has 0 N–H and O–H groups in total. The topological polar surface area (TPSA) is 52.6 Å². The van der Waals surface area contributed by atoms with Crippen LogP contribution in [0.25, 0.3) is 0 Å². The van der Waals surface area contributed by atoms with E-state index in [9.17, 15) is 9.59 Å². The number of rotatable bonds is 6. The summed E-state index contributed by atoms with van der Waals surface area (Å²) in [5.41, 5.74) is 0. The SMILES string of the molecule is CC(C)OC(=O)C(C[Si](C)(C)C)C(=O)OC(C)C. The van der Waals surface area contributed by atoms with Gasteiger partial charge >= 0.3 is 11.9 Å². The predicted molar refractivity (Wildman–Crippen MR) is 74.1 cm³/mol. The first-order valence-electron chi connectivity index (χ1n) is 6.44. The minimum atomic E-state index is -1.55. The largest absolute Gasteiger partial charge is 0.462 e. The Hall–Kier alpha value is -0.843. The zero-order chi connectivity index (χ0) is 14.5. The number of hydrogen-bond donors (Lipinski definition) is 0. The zero-order valence-electron chi connectivity index (χ0n) is 12.6. The molecule has 0 unspecified atom stereocenters. The number of carbonyl (C=O) groups is 2. The maximum Gasteiger partial charge on any atom is 0.320 e. The normalized spacial score (nSPS) is 12.1. The third kappa shape index (κ3) is 7.48. The second kappa shape index (κ2) is 6.92. The Kier molecular flexibility index (Phi) is 6.60. The van der Waals surface area contributed by atoms with Crippen LogP contribution in [0.3, 0.4) is 0 Å². The highest BCUT2D eigenvalue weighted by Crippen LogP contribution is 2.21. The molecule has 0 aliphatic carbocycles. The van der Waals surface area contributed by atoms with Gasteiger partial charge in [-0.3, -0.25) is 9.59 Å². The van der Waals surface area contributed by atoms with E-state index < -0.39 is 25.9 Å². The summed E-state index contributed by atoms with van der Waals surface area (Å²) in [6.45, 7) is 13.4. The molecule has 0 heterocycles. The van der Waals surface area contributed by atoms with Gasteiger partial charge in [-0.15, -0.1) is 0 Å². The molecule has 0 spiro atoms. The molecule has 18 heavy (non-hydrogen) atoms. The van der Waals surface area contributed by atoms with Crippen LogP contribution in [0.2, 0.25) is 25.7 Å². The molecule has 0 saturated carbocycles. The highest BCUT2D eigenvalue weighted by molar-refractivity contribution is 6.76. The lowest BCUT2D eigenvalue weighted by Gasteiger charge is -2.23. The van der Waals surface area contributed by atoms with Crippen molar-refractivity contribution in [2.24, 2.45) is 5.92 Å². The molecule has 0 fully saturated rings. The van der Waals surface area contributed by atoms with Crippen molar-refractivity contribution in [1.29, 1.82) is 0 Å². The Morgan fingerprint density at radius 1 is 0.889 bits per heavy atom. The molecule has 0 aromatic rings. The lowest BCUT2D eigenvalue weighted by Crippen LogP contribution is -2.37. The molecule has 0 aliphatic heterocycles. The molecular formula is C13H26O4Si. The average molecular weight is 274 g/mol. The van der Waals surface area contributed by atoms with Gasteiger partial charge in [-0.05, 0) is 33.7 Å². The van der Waals surface area contributed by atoms with Crippen LogP contribution in [0.1, 0.15) is 27.7 Å². The summed E-state index contributed by atoms with van der Waals surface area (Å²) in [7, 11) is -1.55. The smallest absolute Gasteiger partial charge is 0.320 e. The van der Waals surface area contributed by atoms with Gasteiger partial charge in [0, 0.05) is 8.07 Å². The second-order valence-electron chi connectivity index (χ2n) is 6.29. The van der Waals surface area contributed by atoms with Gasteiger partial charge < -0.3 is 9.47 Å². The average Bonchev–Trinajstić information content (AvgIpc) is 2.09. The van der Waals surface area contributed by atoms with Crippen LogP contribution < -0.4 is 0 Å². The van der Waals surface area contributed by atoms with Crippen LogP contribution in [-0.4, -0.2) is 32.2 Å².